The maximum absolute atomic E-state index is 13.0. The van der Waals surface area contributed by atoms with Gasteiger partial charge in [0.1, 0.15) is 11.3 Å². The minimum atomic E-state index is -0.637. The van der Waals surface area contributed by atoms with Gasteiger partial charge < -0.3 is 14.6 Å². The van der Waals surface area contributed by atoms with Crippen molar-refractivity contribution < 1.29 is 18.9 Å². The molecule has 162 valence electrons. The number of carbonyl (C=O) groups excluding carboxylic acids is 2. The Morgan fingerprint density at radius 1 is 1.27 bits per heavy atom. The summed E-state index contributed by atoms with van der Waals surface area (Å²) in [6, 6.07) is 3.91. The average Bonchev–Trinajstić information content (AvgIpc) is 3.13. The van der Waals surface area contributed by atoms with Crippen molar-refractivity contribution in [2.24, 2.45) is 11.8 Å². The SMILES string of the molecule is CC(C)CNC(=O)c1coc(CN(CC(C)C)C(=O)c2ccc(Cl)c([N+](=O)[O-])c2)n1. The molecule has 2 aromatic rings. The Morgan fingerprint density at radius 2 is 1.97 bits per heavy atom. The summed E-state index contributed by atoms with van der Waals surface area (Å²) in [6.45, 7) is 8.72. The minimum Gasteiger partial charge on any atom is -0.446 e. The number of hydrogen-bond donors (Lipinski definition) is 1. The van der Waals surface area contributed by atoms with Crippen LogP contribution in [0.2, 0.25) is 5.02 Å². The van der Waals surface area contributed by atoms with Crippen LogP contribution in [0.25, 0.3) is 0 Å². The molecule has 1 heterocycles. The van der Waals surface area contributed by atoms with Crippen LogP contribution in [-0.4, -0.2) is 39.7 Å². The summed E-state index contributed by atoms with van der Waals surface area (Å²) in [5.74, 6) is -0.161. The van der Waals surface area contributed by atoms with E-state index in [4.69, 9.17) is 16.0 Å². The highest BCUT2D eigenvalue weighted by Crippen LogP contribution is 2.26. The maximum atomic E-state index is 13.0. The van der Waals surface area contributed by atoms with Crippen LogP contribution in [-0.2, 0) is 6.54 Å². The summed E-state index contributed by atoms with van der Waals surface area (Å²) >= 11 is 5.84. The number of nitrogens with one attached hydrogen (secondary N) is 1. The van der Waals surface area contributed by atoms with Gasteiger partial charge in [0.15, 0.2) is 5.69 Å². The number of halogens is 1. The molecule has 0 unspecified atom stereocenters. The number of nitro groups is 1. The first-order valence-electron chi connectivity index (χ1n) is 9.54. The molecule has 0 bridgehead atoms. The van der Waals surface area contributed by atoms with Crippen molar-refractivity contribution >= 4 is 29.1 Å². The molecule has 0 aliphatic rings. The molecule has 0 fully saturated rings. The Labute approximate surface area is 179 Å². The number of carbonyl (C=O) groups is 2. The second kappa shape index (κ2) is 10.2. The van der Waals surface area contributed by atoms with Gasteiger partial charge in [-0.3, -0.25) is 19.7 Å². The summed E-state index contributed by atoms with van der Waals surface area (Å²) in [5, 5.41) is 13.8. The van der Waals surface area contributed by atoms with Gasteiger partial charge in [-0.15, -0.1) is 0 Å². The minimum absolute atomic E-state index is 0.0187. The first-order valence-corrected chi connectivity index (χ1v) is 9.92. The number of nitrogens with zero attached hydrogens (tertiary/aromatic N) is 3. The second-order valence-electron chi connectivity index (χ2n) is 7.73. The fourth-order valence-corrected chi connectivity index (χ4v) is 2.85. The lowest BCUT2D eigenvalue weighted by Gasteiger charge is -2.23. The van der Waals surface area contributed by atoms with Gasteiger partial charge in [-0.25, -0.2) is 4.98 Å². The summed E-state index contributed by atoms with van der Waals surface area (Å²) in [6.07, 6.45) is 1.25. The van der Waals surface area contributed by atoms with Crippen molar-refractivity contribution in [2.75, 3.05) is 13.1 Å². The first kappa shape index (κ1) is 23.3. The molecular formula is C20H25ClN4O5. The molecule has 1 aromatic heterocycles. The molecule has 0 saturated carbocycles. The Morgan fingerprint density at radius 3 is 2.57 bits per heavy atom. The lowest BCUT2D eigenvalue weighted by molar-refractivity contribution is -0.384. The van der Waals surface area contributed by atoms with Crippen LogP contribution < -0.4 is 5.32 Å². The van der Waals surface area contributed by atoms with Crippen molar-refractivity contribution in [3.05, 3.63) is 56.7 Å². The topological polar surface area (TPSA) is 119 Å². The third-order valence-electron chi connectivity index (χ3n) is 4.04. The predicted molar refractivity (Wildman–Crippen MR) is 111 cm³/mol. The molecule has 9 nitrogen and oxygen atoms in total. The maximum Gasteiger partial charge on any atom is 0.288 e. The summed E-state index contributed by atoms with van der Waals surface area (Å²) in [4.78, 5) is 41.3. The smallest absolute Gasteiger partial charge is 0.288 e. The quantitative estimate of drug-likeness (QED) is 0.470. The largest absolute Gasteiger partial charge is 0.446 e. The molecule has 0 spiro atoms. The number of nitro benzene ring substituents is 1. The number of amides is 2. The van der Waals surface area contributed by atoms with Crippen LogP contribution in [0.3, 0.4) is 0 Å². The van der Waals surface area contributed by atoms with Crippen LogP contribution in [0.15, 0.2) is 28.9 Å². The Balaban J connectivity index is 2.21. The molecule has 2 amide bonds. The number of hydrogen-bond acceptors (Lipinski definition) is 6. The molecular weight excluding hydrogens is 412 g/mol. The van der Waals surface area contributed by atoms with E-state index in [1.807, 2.05) is 27.7 Å². The Kier molecular flexibility index (Phi) is 7.93. The van der Waals surface area contributed by atoms with Crippen LogP contribution in [0.4, 0.5) is 5.69 Å². The highest BCUT2D eigenvalue weighted by molar-refractivity contribution is 6.32. The van der Waals surface area contributed by atoms with E-state index in [2.05, 4.69) is 10.3 Å². The third-order valence-corrected chi connectivity index (χ3v) is 4.36. The van der Waals surface area contributed by atoms with Crippen molar-refractivity contribution in [2.45, 2.75) is 34.2 Å². The first-order chi connectivity index (χ1) is 14.1. The summed E-state index contributed by atoms with van der Waals surface area (Å²) < 4.78 is 5.38. The highest BCUT2D eigenvalue weighted by Gasteiger charge is 2.23. The average molecular weight is 437 g/mol. The molecule has 0 saturated heterocycles. The molecule has 30 heavy (non-hydrogen) atoms. The fourth-order valence-electron chi connectivity index (χ4n) is 2.67. The second-order valence-corrected chi connectivity index (χ2v) is 8.14. The number of aromatic nitrogens is 1. The van der Waals surface area contributed by atoms with E-state index >= 15 is 0 Å². The van der Waals surface area contributed by atoms with Crippen LogP contribution >= 0.6 is 11.6 Å². The standard InChI is InChI=1S/C20H25ClN4O5/c1-12(2)8-22-19(26)16-11-30-18(23-16)10-24(9-13(3)4)20(27)14-5-6-15(21)17(7-14)25(28)29/h5-7,11-13H,8-10H2,1-4H3,(H,22,26). The zero-order chi connectivity index (χ0) is 22.4. The van der Waals surface area contributed by atoms with E-state index in [1.54, 1.807) is 0 Å². The van der Waals surface area contributed by atoms with Crippen molar-refractivity contribution in [3.63, 3.8) is 0 Å². The van der Waals surface area contributed by atoms with Crippen LogP contribution in [0.5, 0.6) is 0 Å². The van der Waals surface area contributed by atoms with E-state index < -0.39 is 10.8 Å². The summed E-state index contributed by atoms with van der Waals surface area (Å²) in [7, 11) is 0. The summed E-state index contributed by atoms with van der Waals surface area (Å²) in [5.41, 5.74) is -0.0785. The van der Waals surface area contributed by atoms with E-state index in [9.17, 15) is 19.7 Å². The van der Waals surface area contributed by atoms with Gasteiger partial charge in [-0.05, 0) is 24.0 Å². The van der Waals surface area contributed by atoms with Gasteiger partial charge in [-0.2, -0.15) is 0 Å². The molecule has 0 atom stereocenters. The lowest BCUT2D eigenvalue weighted by Crippen LogP contribution is -2.34. The molecule has 1 aromatic carbocycles. The normalized spacial score (nSPS) is 11.0. The van der Waals surface area contributed by atoms with Crippen molar-refractivity contribution in [3.8, 4) is 0 Å². The molecule has 0 aliphatic heterocycles. The van der Waals surface area contributed by atoms with Crippen LogP contribution in [0.1, 0.15) is 54.4 Å². The Hall–Kier alpha value is -2.94. The fraction of sp³-hybridized carbons (Fsp3) is 0.450. The zero-order valence-electron chi connectivity index (χ0n) is 17.3. The van der Waals surface area contributed by atoms with Gasteiger partial charge in [-0.1, -0.05) is 39.3 Å². The predicted octanol–water partition coefficient (Wildman–Crippen LogP) is 3.92. The molecule has 2 rings (SSSR count). The van der Waals surface area contributed by atoms with Gasteiger partial charge in [0, 0.05) is 24.7 Å². The lowest BCUT2D eigenvalue weighted by atomic mass is 10.1. The van der Waals surface area contributed by atoms with Gasteiger partial charge in [0.2, 0.25) is 5.89 Å². The van der Waals surface area contributed by atoms with Gasteiger partial charge >= 0.3 is 0 Å². The van der Waals surface area contributed by atoms with Crippen molar-refractivity contribution in [1.29, 1.82) is 0 Å². The monoisotopic (exact) mass is 436 g/mol. The molecule has 0 radical (unpaired) electrons. The molecule has 0 aliphatic carbocycles. The van der Waals surface area contributed by atoms with Crippen LogP contribution in [0, 0.1) is 22.0 Å². The molecule has 10 heteroatoms. The van der Waals surface area contributed by atoms with E-state index in [-0.39, 0.29) is 46.2 Å². The highest BCUT2D eigenvalue weighted by atomic mass is 35.5. The molecule has 1 N–H and O–H groups in total. The number of oxazole rings is 1. The number of rotatable bonds is 9. The van der Waals surface area contributed by atoms with E-state index in [0.29, 0.717) is 19.0 Å². The zero-order valence-corrected chi connectivity index (χ0v) is 18.1. The van der Waals surface area contributed by atoms with E-state index in [1.165, 1.54) is 23.3 Å². The van der Waals surface area contributed by atoms with E-state index in [0.717, 1.165) is 6.07 Å². The Bertz CT molecular complexity index is 926. The third kappa shape index (κ3) is 6.28. The van der Waals surface area contributed by atoms with Gasteiger partial charge in [0.25, 0.3) is 17.5 Å². The van der Waals surface area contributed by atoms with Crippen molar-refractivity contribution in [1.82, 2.24) is 15.2 Å². The van der Waals surface area contributed by atoms with Gasteiger partial charge in [0.05, 0.1) is 11.5 Å². The number of benzene rings is 1.